The van der Waals surface area contributed by atoms with Gasteiger partial charge in [-0.2, -0.15) is 0 Å². The summed E-state index contributed by atoms with van der Waals surface area (Å²) < 4.78 is 11.7. The molecule has 0 aromatic heterocycles. The molecule has 6 nitrogen and oxygen atoms in total. The highest BCUT2D eigenvalue weighted by molar-refractivity contribution is 6.05. The maximum atomic E-state index is 12.4. The quantitative estimate of drug-likeness (QED) is 0.576. The van der Waals surface area contributed by atoms with Crippen LogP contribution in [0.4, 0.5) is 0 Å². The molecule has 2 heterocycles. The zero-order valence-corrected chi connectivity index (χ0v) is 17.2. The predicted molar refractivity (Wildman–Crippen MR) is 101 cm³/mol. The van der Waals surface area contributed by atoms with Gasteiger partial charge in [0.05, 0.1) is 11.2 Å². The standard InChI is InChI=1S/C20H32N2O4/c1-17(2)13(15(23)19(5,6)25-17)11-21-9-10-22-12-14-16(24)20(7,8)26-18(14,3)4/h11-12,21-22H,9-10H2,1-8H3/b13-11-,14-12-. The highest BCUT2D eigenvalue weighted by atomic mass is 16.5. The van der Waals surface area contributed by atoms with E-state index < -0.39 is 22.4 Å². The maximum absolute atomic E-state index is 12.4. The van der Waals surface area contributed by atoms with Crippen molar-refractivity contribution in [2.24, 2.45) is 0 Å². The Morgan fingerprint density at radius 2 is 0.962 bits per heavy atom. The Hall–Kier alpha value is -1.66. The fraction of sp³-hybridized carbons (Fsp3) is 0.700. The lowest BCUT2D eigenvalue weighted by atomic mass is 9.93. The fourth-order valence-corrected chi connectivity index (χ4v) is 3.65. The van der Waals surface area contributed by atoms with Crippen LogP contribution in [0, 0.1) is 0 Å². The summed E-state index contributed by atoms with van der Waals surface area (Å²) in [5, 5.41) is 6.31. The van der Waals surface area contributed by atoms with Crippen molar-refractivity contribution in [1.29, 1.82) is 0 Å². The van der Waals surface area contributed by atoms with Gasteiger partial charge in [0.2, 0.25) is 0 Å². The van der Waals surface area contributed by atoms with Gasteiger partial charge in [0.25, 0.3) is 0 Å². The van der Waals surface area contributed by atoms with Crippen LogP contribution in [-0.4, -0.2) is 47.1 Å². The molecule has 2 aliphatic rings. The SMILES string of the molecule is CC1(C)OC(C)(C)/C(=C\NCCN/C=C2/C(=O)C(C)(C)OC2(C)C)C1=O. The molecule has 26 heavy (non-hydrogen) atoms. The topological polar surface area (TPSA) is 76.7 Å². The molecule has 2 N–H and O–H groups in total. The van der Waals surface area contributed by atoms with Gasteiger partial charge in [0.15, 0.2) is 11.6 Å². The van der Waals surface area contributed by atoms with Gasteiger partial charge in [-0.15, -0.1) is 0 Å². The van der Waals surface area contributed by atoms with Crippen LogP contribution < -0.4 is 10.6 Å². The number of ketones is 2. The van der Waals surface area contributed by atoms with Crippen LogP contribution in [-0.2, 0) is 19.1 Å². The third-order valence-electron chi connectivity index (χ3n) is 4.81. The average Bonchev–Trinajstić information content (AvgIpc) is 2.71. The Bertz CT molecular complexity index is 611. The lowest BCUT2D eigenvalue weighted by Crippen LogP contribution is -2.29. The van der Waals surface area contributed by atoms with E-state index in [2.05, 4.69) is 10.6 Å². The largest absolute Gasteiger partial charge is 0.389 e. The Kier molecular flexibility index (Phi) is 5.16. The highest BCUT2D eigenvalue weighted by Gasteiger charge is 2.50. The van der Waals surface area contributed by atoms with E-state index in [1.165, 1.54) is 0 Å². The van der Waals surface area contributed by atoms with E-state index in [0.717, 1.165) is 0 Å². The van der Waals surface area contributed by atoms with Gasteiger partial charge >= 0.3 is 0 Å². The number of rotatable bonds is 5. The van der Waals surface area contributed by atoms with Gasteiger partial charge < -0.3 is 20.1 Å². The first-order valence-electron chi connectivity index (χ1n) is 9.09. The van der Waals surface area contributed by atoms with Crippen molar-refractivity contribution >= 4 is 11.6 Å². The van der Waals surface area contributed by atoms with Crippen molar-refractivity contribution in [2.45, 2.75) is 77.8 Å². The fourth-order valence-electron chi connectivity index (χ4n) is 3.65. The van der Waals surface area contributed by atoms with Crippen molar-refractivity contribution in [1.82, 2.24) is 10.6 Å². The molecule has 0 spiro atoms. The maximum Gasteiger partial charge on any atom is 0.194 e. The molecule has 0 aromatic rings. The first-order valence-corrected chi connectivity index (χ1v) is 9.09. The monoisotopic (exact) mass is 364 g/mol. The van der Waals surface area contributed by atoms with E-state index in [9.17, 15) is 9.59 Å². The van der Waals surface area contributed by atoms with Crippen molar-refractivity contribution in [3.63, 3.8) is 0 Å². The molecule has 0 radical (unpaired) electrons. The number of carbonyl (C=O) groups excluding carboxylic acids is 2. The van der Waals surface area contributed by atoms with E-state index in [-0.39, 0.29) is 11.6 Å². The number of Topliss-reactive ketones (excluding diaryl/α,β-unsaturated/α-hetero) is 2. The number of hydrogen-bond acceptors (Lipinski definition) is 6. The summed E-state index contributed by atoms with van der Waals surface area (Å²) in [6.07, 6.45) is 3.48. The summed E-state index contributed by atoms with van der Waals surface area (Å²) >= 11 is 0. The van der Waals surface area contributed by atoms with E-state index in [1.54, 1.807) is 40.1 Å². The molecular weight excluding hydrogens is 332 g/mol. The lowest BCUT2D eigenvalue weighted by molar-refractivity contribution is -0.132. The predicted octanol–water partition coefficient (Wildman–Crippen LogP) is 2.25. The lowest BCUT2D eigenvalue weighted by Gasteiger charge is -2.22. The zero-order valence-electron chi connectivity index (χ0n) is 17.2. The summed E-state index contributed by atoms with van der Waals surface area (Å²) in [6, 6.07) is 0. The Labute approximate surface area is 156 Å². The van der Waals surface area contributed by atoms with Gasteiger partial charge in [-0.3, -0.25) is 9.59 Å². The summed E-state index contributed by atoms with van der Waals surface area (Å²) in [7, 11) is 0. The van der Waals surface area contributed by atoms with Crippen LogP contribution in [0.15, 0.2) is 23.5 Å². The van der Waals surface area contributed by atoms with Crippen molar-refractivity contribution in [3.8, 4) is 0 Å². The summed E-state index contributed by atoms with van der Waals surface area (Å²) in [5.41, 5.74) is -1.51. The summed E-state index contributed by atoms with van der Waals surface area (Å²) in [5.74, 6) is 0.00511. The third kappa shape index (κ3) is 3.86. The van der Waals surface area contributed by atoms with Gasteiger partial charge in [0, 0.05) is 36.6 Å². The van der Waals surface area contributed by atoms with Gasteiger partial charge in [-0.25, -0.2) is 0 Å². The zero-order chi connectivity index (χ0) is 20.0. The van der Waals surface area contributed by atoms with Gasteiger partial charge in [-0.1, -0.05) is 0 Å². The molecule has 0 saturated carbocycles. The van der Waals surface area contributed by atoms with E-state index in [0.29, 0.717) is 24.2 Å². The second-order valence-electron chi connectivity index (χ2n) is 8.93. The minimum absolute atomic E-state index is 0.00255. The van der Waals surface area contributed by atoms with Crippen LogP contribution in [0.1, 0.15) is 55.4 Å². The first-order chi connectivity index (χ1) is 11.7. The highest BCUT2D eigenvalue weighted by Crippen LogP contribution is 2.39. The molecular formula is C20H32N2O4. The normalized spacial score (nSPS) is 28.8. The molecule has 2 rings (SSSR count). The molecule has 2 saturated heterocycles. The molecule has 2 aliphatic heterocycles. The van der Waals surface area contributed by atoms with Crippen molar-refractivity contribution in [2.75, 3.05) is 13.1 Å². The smallest absolute Gasteiger partial charge is 0.194 e. The van der Waals surface area contributed by atoms with Gasteiger partial charge in [-0.05, 0) is 55.4 Å². The third-order valence-corrected chi connectivity index (χ3v) is 4.81. The molecule has 0 bridgehead atoms. The van der Waals surface area contributed by atoms with Crippen molar-refractivity contribution in [3.05, 3.63) is 23.5 Å². The number of hydrogen-bond donors (Lipinski definition) is 2. The molecule has 0 unspecified atom stereocenters. The van der Waals surface area contributed by atoms with E-state index >= 15 is 0 Å². The summed E-state index contributed by atoms with van der Waals surface area (Å²) in [4.78, 5) is 24.8. The molecule has 0 aliphatic carbocycles. The molecule has 0 atom stereocenters. The molecule has 0 amide bonds. The molecule has 146 valence electrons. The minimum Gasteiger partial charge on any atom is -0.389 e. The summed E-state index contributed by atoms with van der Waals surface area (Å²) in [6.45, 7) is 15.9. The van der Waals surface area contributed by atoms with Crippen molar-refractivity contribution < 1.29 is 19.1 Å². The first kappa shape index (κ1) is 20.6. The number of ether oxygens (including phenoxy) is 2. The Morgan fingerprint density at radius 1 is 0.654 bits per heavy atom. The van der Waals surface area contributed by atoms with E-state index in [4.69, 9.17) is 9.47 Å². The van der Waals surface area contributed by atoms with Gasteiger partial charge in [0.1, 0.15) is 11.2 Å². The minimum atomic E-state index is -0.791. The number of carbonyl (C=O) groups is 2. The van der Waals surface area contributed by atoms with Crippen LogP contribution in [0.25, 0.3) is 0 Å². The Morgan fingerprint density at radius 3 is 1.19 bits per heavy atom. The van der Waals surface area contributed by atoms with Crippen LogP contribution in [0.3, 0.4) is 0 Å². The average molecular weight is 364 g/mol. The second-order valence-corrected chi connectivity index (χ2v) is 8.93. The molecule has 6 heteroatoms. The van der Waals surface area contributed by atoms with E-state index in [1.807, 2.05) is 27.7 Å². The number of nitrogens with one attached hydrogen (secondary N) is 2. The molecule has 2 fully saturated rings. The Balaban J connectivity index is 1.90. The van der Waals surface area contributed by atoms with Crippen LogP contribution >= 0.6 is 0 Å². The van der Waals surface area contributed by atoms with Crippen LogP contribution in [0.5, 0.6) is 0 Å². The van der Waals surface area contributed by atoms with Crippen LogP contribution in [0.2, 0.25) is 0 Å². The second kappa shape index (κ2) is 6.50. The molecule has 0 aromatic carbocycles.